The number of amides is 2. The van der Waals surface area contributed by atoms with E-state index in [4.69, 9.17) is 9.47 Å². The molecule has 2 unspecified atom stereocenters. The first-order chi connectivity index (χ1) is 18.2. The van der Waals surface area contributed by atoms with Gasteiger partial charge in [-0.15, -0.1) is 13.2 Å². The van der Waals surface area contributed by atoms with Gasteiger partial charge in [-0.1, -0.05) is 52.7 Å². The first-order valence-corrected chi connectivity index (χ1v) is 14.5. The van der Waals surface area contributed by atoms with E-state index in [0.29, 0.717) is 38.8 Å². The highest BCUT2D eigenvalue weighted by Crippen LogP contribution is 2.65. The third-order valence-corrected chi connectivity index (χ3v) is 9.19. The molecule has 7 atom stereocenters. The van der Waals surface area contributed by atoms with Gasteiger partial charge in [0.1, 0.15) is 17.6 Å². The van der Waals surface area contributed by atoms with Crippen molar-refractivity contribution in [1.82, 2.24) is 9.80 Å². The Kier molecular flexibility index (Phi) is 10.2. The molecule has 3 fully saturated rings. The van der Waals surface area contributed by atoms with Crippen LogP contribution in [-0.4, -0.2) is 82.3 Å². The molecule has 0 aromatic carbocycles. The number of allylic oxidation sites excluding steroid dienone is 1. The monoisotopic (exact) mass is 532 g/mol. The fourth-order valence-electron chi connectivity index (χ4n) is 6.92. The first kappa shape index (κ1) is 30.4. The first-order valence-electron chi connectivity index (χ1n) is 14.5. The van der Waals surface area contributed by atoms with E-state index in [1.54, 1.807) is 22.0 Å². The van der Waals surface area contributed by atoms with Gasteiger partial charge in [-0.3, -0.25) is 14.4 Å². The van der Waals surface area contributed by atoms with Gasteiger partial charge in [-0.25, -0.2) is 0 Å². The van der Waals surface area contributed by atoms with Crippen molar-refractivity contribution in [2.24, 2.45) is 17.8 Å². The zero-order chi connectivity index (χ0) is 28.1. The van der Waals surface area contributed by atoms with Crippen molar-refractivity contribution < 1.29 is 29.0 Å². The van der Waals surface area contributed by atoms with E-state index in [0.717, 1.165) is 25.7 Å². The number of carbonyl (C=O) groups excluding carboxylic acids is 3. The van der Waals surface area contributed by atoms with Crippen molar-refractivity contribution in [3.8, 4) is 0 Å². The van der Waals surface area contributed by atoms with Crippen LogP contribution in [-0.2, 0) is 23.9 Å². The van der Waals surface area contributed by atoms with Gasteiger partial charge in [0.05, 0.1) is 30.8 Å². The molecule has 3 aliphatic heterocycles. The Morgan fingerprint density at radius 2 is 1.97 bits per heavy atom. The maximum absolute atomic E-state index is 14.4. The molecule has 3 heterocycles. The molecule has 0 aliphatic carbocycles. The van der Waals surface area contributed by atoms with Gasteiger partial charge in [-0.2, -0.15) is 0 Å². The number of aliphatic hydroxyl groups excluding tert-OH is 1. The lowest BCUT2D eigenvalue weighted by Gasteiger charge is -2.41. The molecule has 1 spiro atoms. The molecular weight excluding hydrogens is 484 g/mol. The minimum absolute atomic E-state index is 0.0420. The highest BCUT2D eigenvalue weighted by molar-refractivity contribution is 5.98. The minimum atomic E-state index is -1.12. The van der Waals surface area contributed by atoms with E-state index in [9.17, 15) is 19.5 Å². The number of hydrogen-bond acceptors (Lipinski definition) is 6. The van der Waals surface area contributed by atoms with E-state index in [-0.39, 0.29) is 30.9 Å². The van der Waals surface area contributed by atoms with E-state index in [2.05, 4.69) is 20.1 Å². The van der Waals surface area contributed by atoms with Gasteiger partial charge < -0.3 is 24.4 Å². The highest BCUT2D eigenvalue weighted by Gasteiger charge is 2.79. The van der Waals surface area contributed by atoms with Crippen LogP contribution < -0.4 is 0 Å². The van der Waals surface area contributed by atoms with Gasteiger partial charge >= 0.3 is 5.97 Å². The van der Waals surface area contributed by atoms with Crippen molar-refractivity contribution in [3.63, 3.8) is 0 Å². The molecule has 2 bridgehead atoms. The number of esters is 1. The second-order valence-electron chi connectivity index (χ2n) is 11.2. The number of hydrogen-bond donors (Lipinski definition) is 1. The summed E-state index contributed by atoms with van der Waals surface area (Å²) in [6.07, 6.45) is 8.99. The number of carbonyl (C=O) groups is 3. The smallest absolute Gasteiger partial charge is 0.312 e. The van der Waals surface area contributed by atoms with Gasteiger partial charge in [0.25, 0.3) is 0 Å². The van der Waals surface area contributed by atoms with Gasteiger partial charge in [0.15, 0.2) is 0 Å². The lowest BCUT2D eigenvalue weighted by Crippen LogP contribution is -2.60. The molecule has 1 N–H and O–H groups in total. The van der Waals surface area contributed by atoms with E-state index in [1.807, 2.05) is 20.8 Å². The molecule has 0 aromatic heterocycles. The van der Waals surface area contributed by atoms with Gasteiger partial charge in [0.2, 0.25) is 11.8 Å². The van der Waals surface area contributed by atoms with Crippen LogP contribution in [0.4, 0.5) is 0 Å². The Hall–Kier alpha value is -2.19. The minimum Gasteiger partial charge on any atom is -0.465 e. The summed E-state index contributed by atoms with van der Waals surface area (Å²) in [6.45, 7) is 16.5. The van der Waals surface area contributed by atoms with Crippen LogP contribution in [0.25, 0.3) is 0 Å². The maximum atomic E-state index is 14.4. The van der Waals surface area contributed by atoms with Crippen molar-refractivity contribution in [3.05, 3.63) is 25.3 Å². The Labute approximate surface area is 228 Å². The van der Waals surface area contributed by atoms with Crippen LogP contribution in [0.5, 0.6) is 0 Å². The second-order valence-corrected chi connectivity index (χ2v) is 11.2. The number of aliphatic hydroxyl groups is 1. The standard InChI is InChI=1S/C30H48N2O6/c1-7-12-14-19-37-28(36)24-23-26(34)32(22(20-33)21(6)10-4)25(27(35)31(17-9-3)18-13-8-2)30(23)16-15-29(24,11-5)38-30/h7,9,21-25,33H,1,3,8,10-20H2,2,4-6H3/t21-,22-,23-,24-,25?,29+,30?/m0/s1. The van der Waals surface area contributed by atoms with E-state index < -0.39 is 41.1 Å². The largest absolute Gasteiger partial charge is 0.465 e. The SMILES string of the molecule is C=CCCCOC(=O)[C@@H]1[C@H]2C(=O)N([C@@H](CO)[C@@H](C)CC)C(C(=O)N(CC=C)CCCC)C23CC[C@@]1(CC)O3. The molecule has 3 saturated heterocycles. The van der Waals surface area contributed by atoms with Crippen molar-refractivity contribution in [2.45, 2.75) is 102 Å². The molecule has 214 valence electrons. The third kappa shape index (κ3) is 5.06. The van der Waals surface area contributed by atoms with Crippen molar-refractivity contribution in [1.29, 1.82) is 0 Å². The predicted molar refractivity (Wildman–Crippen MR) is 146 cm³/mol. The average molecular weight is 533 g/mol. The maximum Gasteiger partial charge on any atom is 0.312 e. The van der Waals surface area contributed by atoms with Crippen molar-refractivity contribution >= 4 is 17.8 Å². The topological polar surface area (TPSA) is 96.4 Å². The number of nitrogens with zero attached hydrogens (tertiary/aromatic N) is 2. The molecule has 8 heteroatoms. The fraction of sp³-hybridized carbons (Fsp3) is 0.767. The number of rotatable bonds is 16. The summed E-state index contributed by atoms with van der Waals surface area (Å²) in [7, 11) is 0. The molecule has 3 rings (SSSR count). The summed E-state index contributed by atoms with van der Waals surface area (Å²) < 4.78 is 12.5. The quantitative estimate of drug-likeness (QED) is 0.184. The average Bonchev–Trinajstić information content (AvgIpc) is 3.52. The van der Waals surface area contributed by atoms with Crippen LogP contribution in [0, 0.1) is 17.8 Å². The number of unbranched alkanes of at least 4 members (excludes halogenated alkanes) is 2. The fourth-order valence-corrected chi connectivity index (χ4v) is 6.92. The molecule has 38 heavy (non-hydrogen) atoms. The molecule has 0 radical (unpaired) electrons. The predicted octanol–water partition coefficient (Wildman–Crippen LogP) is 3.87. The van der Waals surface area contributed by atoms with E-state index >= 15 is 0 Å². The highest BCUT2D eigenvalue weighted by atomic mass is 16.6. The third-order valence-electron chi connectivity index (χ3n) is 9.19. The molecule has 2 amide bonds. The second kappa shape index (κ2) is 12.8. The number of fused-ring (bicyclic) bond motifs is 1. The van der Waals surface area contributed by atoms with Crippen LogP contribution in [0.1, 0.15) is 79.1 Å². The Bertz CT molecular complexity index is 892. The Morgan fingerprint density at radius 1 is 1.24 bits per heavy atom. The van der Waals surface area contributed by atoms with Crippen molar-refractivity contribution in [2.75, 3.05) is 26.3 Å². The summed E-state index contributed by atoms with van der Waals surface area (Å²) in [4.78, 5) is 45.7. The van der Waals surface area contributed by atoms with Crippen LogP contribution in [0.3, 0.4) is 0 Å². The Morgan fingerprint density at radius 3 is 2.55 bits per heavy atom. The summed E-state index contributed by atoms with van der Waals surface area (Å²) in [5, 5.41) is 10.5. The van der Waals surface area contributed by atoms with Crippen LogP contribution in [0.2, 0.25) is 0 Å². The number of likely N-dealkylation sites (tertiary alicyclic amines) is 1. The lowest BCUT2D eigenvalue weighted by molar-refractivity contribution is -0.164. The molecular formula is C30H48N2O6. The summed E-state index contributed by atoms with van der Waals surface area (Å²) in [5.74, 6) is -2.53. The zero-order valence-electron chi connectivity index (χ0n) is 23.8. The molecule has 0 saturated carbocycles. The lowest BCUT2D eigenvalue weighted by atomic mass is 9.65. The molecule has 8 nitrogen and oxygen atoms in total. The van der Waals surface area contributed by atoms with Gasteiger partial charge in [-0.05, 0) is 44.4 Å². The van der Waals surface area contributed by atoms with Crippen LogP contribution >= 0.6 is 0 Å². The summed E-state index contributed by atoms with van der Waals surface area (Å²) in [5.41, 5.74) is -1.96. The van der Waals surface area contributed by atoms with Gasteiger partial charge in [0, 0.05) is 13.1 Å². The summed E-state index contributed by atoms with van der Waals surface area (Å²) >= 11 is 0. The Balaban J connectivity index is 2.09. The zero-order valence-corrected chi connectivity index (χ0v) is 23.8. The summed E-state index contributed by atoms with van der Waals surface area (Å²) in [6, 6.07) is -1.46. The molecule has 3 aliphatic rings. The molecule has 0 aromatic rings. The van der Waals surface area contributed by atoms with Crippen LogP contribution in [0.15, 0.2) is 25.3 Å². The normalized spacial score (nSPS) is 31.1. The number of ether oxygens (including phenoxy) is 2. The van der Waals surface area contributed by atoms with E-state index in [1.165, 1.54) is 0 Å².